The summed E-state index contributed by atoms with van der Waals surface area (Å²) in [6, 6.07) is 15.0. The van der Waals surface area contributed by atoms with Gasteiger partial charge in [0.25, 0.3) is 5.91 Å². The van der Waals surface area contributed by atoms with Gasteiger partial charge < -0.3 is 9.52 Å². The minimum Gasteiger partial charge on any atom is -0.508 e. The maximum Gasteiger partial charge on any atom is 0.271 e. The fourth-order valence-electron chi connectivity index (χ4n) is 1.94. The van der Waals surface area contributed by atoms with E-state index in [1.54, 1.807) is 6.07 Å². The fourth-order valence-corrected chi connectivity index (χ4v) is 3.40. The van der Waals surface area contributed by atoms with Crippen LogP contribution in [0.4, 0.5) is 0 Å². The summed E-state index contributed by atoms with van der Waals surface area (Å²) in [7, 11) is 0. The van der Waals surface area contributed by atoms with Crippen molar-refractivity contribution in [2.24, 2.45) is 5.10 Å². The molecule has 132 valence electrons. The molecule has 2 N–H and O–H groups in total. The van der Waals surface area contributed by atoms with Gasteiger partial charge in [-0.3, -0.25) is 4.79 Å². The van der Waals surface area contributed by atoms with Crippen LogP contribution in [0, 0.1) is 0 Å². The lowest BCUT2D eigenvalue weighted by molar-refractivity contribution is 0.0955. The number of rotatable bonds is 5. The Balaban J connectivity index is 1.63. The van der Waals surface area contributed by atoms with E-state index in [0.717, 1.165) is 9.37 Å². The summed E-state index contributed by atoms with van der Waals surface area (Å²) in [6.07, 6.45) is 1.41. The SMILES string of the molecule is O=C(N/N=C\c1cc(Br)c(Sc2ccc(Cl)cc2)o1)c1ccc(O)cc1. The van der Waals surface area contributed by atoms with Crippen molar-refractivity contribution in [2.45, 2.75) is 9.99 Å². The lowest BCUT2D eigenvalue weighted by Gasteiger charge is -1.99. The molecule has 0 saturated heterocycles. The first-order valence-corrected chi connectivity index (χ1v) is 9.35. The van der Waals surface area contributed by atoms with Gasteiger partial charge in [-0.15, -0.1) is 0 Å². The number of hydrogen-bond donors (Lipinski definition) is 2. The molecule has 0 aliphatic rings. The Morgan fingerprint density at radius 2 is 1.88 bits per heavy atom. The van der Waals surface area contributed by atoms with Gasteiger partial charge in [-0.25, -0.2) is 5.43 Å². The van der Waals surface area contributed by atoms with Gasteiger partial charge in [0.1, 0.15) is 11.5 Å². The van der Waals surface area contributed by atoms with Crippen molar-refractivity contribution in [3.63, 3.8) is 0 Å². The number of hydrogen-bond acceptors (Lipinski definition) is 5. The number of nitrogens with zero attached hydrogens (tertiary/aromatic N) is 1. The predicted octanol–water partition coefficient (Wildman–Crippen LogP) is 5.32. The molecule has 2 aromatic carbocycles. The monoisotopic (exact) mass is 450 g/mol. The second-order valence-corrected chi connectivity index (χ2v) is 7.42. The molecule has 1 aromatic heterocycles. The topological polar surface area (TPSA) is 74.8 Å². The summed E-state index contributed by atoms with van der Waals surface area (Å²) in [6.45, 7) is 0. The first-order valence-electron chi connectivity index (χ1n) is 7.36. The van der Waals surface area contributed by atoms with E-state index < -0.39 is 0 Å². The number of phenolic OH excluding ortho intramolecular Hbond substituents is 1. The van der Waals surface area contributed by atoms with Crippen molar-refractivity contribution >= 4 is 51.4 Å². The maximum atomic E-state index is 11.9. The van der Waals surface area contributed by atoms with Gasteiger partial charge >= 0.3 is 0 Å². The third kappa shape index (κ3) is 4.91. The quantitative estimate of drug-likeness (QED) is 0.407. The smallest absolute Gasteiger partial charge is 0.271 e. The molecule has 0 radical (unpaired) electrons. The molecule has 0 saturated carbocycles. The summed E-state index contributed by atoms with van der Waals surface area (Å²) < 4.78 is 6.48. The second kappa shape index (κ2) is 8.44. The summed E-state index contributed by atoms with van der Waals surface area (Å²) in [5.74, 6) is 0.193. The molecular weight excluding hydrogens is 440 g/mol. The van der Waals surface area contributed by atoms with Gasteiger partial charge in [-0.2, -0.15) is 5.10 Å². The standard InChI is InChI=1S/C18H12BrClN2O3S/c19-16-9-14(25-18(16)26-15-7-3-12(20)4-8-15)10-21-22-17(24)11-1-5-13(23)6-2-11/h1-10,23H,(H,22,24)/b21-10-. The summed E-state index contributed by atoms with van der Waals surface area (Å²) in [5.41, 5.74) is 2.79. The maximum absolute atomic E-state index is 11.9. The lowest BCUT2D eigenvalue weighted by Crippen LogP contribution is -2.17. The Bertz CT molecular complexity index is 940. The minimum atomic E-state index is -0.386. The molecule has 8 heteroatoms. The van der Waals surface area contributed by atoms with E-state index >= 15 is 0 Å². The van der Waals surface area contributed by atoms with E-state index in [2.05, 4.69) is 26.5 Å². The number of hydrazone groups is 1. The molecule has 5 nitrogen and oxygen atoms in total. The highest BCUT2D eigenvalue weighted by molar-refractivity contribution is 9.10. The first kappa shape index (κ1) is 18.6. The molecule has 0 bridgehead atoms. The molecule has 0 spiro atoms. The number of halogens is 2. The van der Waals surface area contributed by atoms with Crippen molar-refractivity contribution in [3.05, 3.63) is 75.4 Å². The highest BCUT2D eigenvalue weighted by Crippen LogP contribution is 2.35. The van der Waals surface area contributed by atoms with Gasteiger partial charge in [0.15, 0.2) is 5.09 Å². The number of amides is 1. The van der Waals surface area contributed by atoms with E-state index in [1.165, 1.54) is 42.2 Å². The molecule has 1 amide bonds. The summed E-state index contributed by atoms with van der Waals surface area (Å²) >= 11 is 10.8. The van der Waals surface area contributed by atoms with Crippen LogP contribution in [0.25, 0.3) is 0 Å². The third-order valence-corrected chi connectivity index (χ3v) is 5.29. The molecular formula is C18H12BrClN2O3S. The van der Waals surface area contributed by atoms with E-state index in [1.807, 2.05) is 24.3 Å². The number of aromatic hydroxyl groups is 1. The minimum absolute atomic E-state index is 0.0937. The van der Waals surface area contributed by atoms with Crippen molar-refractivity contribution < 1.29 is 14.3 Å². The fraction of sp³-hybridized carbons (Fsp3) is 0. The van der Waals surface area contributed by atoms with Crippen LogP contribution in [0.15, 0.2) is 78.6 Å². The van der Waals surface area contributed by atoms with E-state index in [-0.39, 0.29) is 11.7 Å². The van der Waals surface area contributed by atoms with Crippen LogP contribution in [0.5, 0.6) is 5.75 Å². The van der Waals surface area contributed by atoms with Gasteiger partial charge in [0, 0.05) is 21.5 Å². The number of carbonyl (C=O) groups excluding carboxylic acids is 1. The largest absolute Gasteiger partial charge is 0.508 e. The third-order valence-electron chi connectivity index (χ3n) is 3.19. The highest BCUT2D eigenvalue weighted by Gasteiger charge is 2.10. The zero-order valence-corrected chi connectivity index (χ0v) is 16.3. The van der Waals surface area contributed by atoms with E-state index in [4.69, 9.17) is 16.0 Å². The van der Waals surface area contributed by atoms with Crippen LogP contribution >= 0.6 is 39.3 Å². The van der Waals surface area contributed by atoms with E-state index in [9.17, 15) is 9.90 Å². The Morgan fingerprint density at radius 3 is 2.58 bits per heavy atom. The molecule has 3 rings (SSSR count). The number of carbonyl (C=O) groups is 1. The molecule has 26 heavy (non-hydrogen) atoms. The summed E-state index contributed by atoms with van der Waals surface area (Å²) in [4.78, 5) is 12.9. The van der Waals surface area contributed by atoms with Crippen LogP contribution in [-0.2, 0) is 0 Å². The Morgan fingerprint density at radius 1 is 1.19 bits per heavy atom. The van der Waals surface area contributed by atoms with Gasteiger partial charge in [-0.05, 0) is 64.5 Å². The van der Waals surface area contributed by atoms with E-state index in [0.29, 0.717) is 21.4 Å². The Labute approximate surface area is 167 Å². The average Bonchev–Trinajstić information content (AvgIpc) is 2.97. The van der Waals surface area contributed by atoms with Gasteiger partial charge in [0.2, 0.25) is 0 Å². The predicted molar refractivity (Wildman–Crippen MR) is 105 cm³/mol. The van der Waals surface area contributed by atoms with Crippen LogP contribution in [0.3, 0.4) is 0 Å². The van der Waals surface area contributed by atoms with Crippen molar-refractivity contribution in [1.29, 1.82) is 0 Å². The average molecular weight is 452 g/mol. The van der Waals surface area contributed by atoms with Crippen LogP contribution in [0.1, 0.15) is 16.1 Å². The molecule has 0 fully saturated rings. The van der Waals surface area contributed by atoms with Crippen molar-refractivity contribution in [2.75, 3.05) is 0 Å². The number of benzene rings is 2. The molecule has 0 unspecified atom stereocenters. The molecule has 0 atom stereocenters. The van der Waals surface area contributed by atoms with Gasteiger partial charge in [-0.1, -0.05) is 23.4 Å². The van der Waals surface area contributed by atoms with Crippen LogP contribution in [0.2, 0.25) is 5.02 Å². The zero-order valence-electron chi connectivity index (χ0n) is 13.1. The zero-order chi connectivity index (χ0) is 18.5. The highest BCUT2D eigenvalue weighted by atomic mass is 79.9. The first-order chi connectivity index (χ1) is 12.5. The Kier molecular flexibility index (Phi) is 6.03. The van der Waals surface area contributed by atoms with Crippen molar-refractivity contribution in [3.8, 4) is 5.75 Å². The molecule has 0 aliphatic heterocycles. The van der Waals surface area contributed by atoms with Crippen LogP contribution < -0.4 is 5.43 Å². The molecule has 3 aromatic rings. The van der Waals surface area contributed by atoms with Crippen LogP contribution in [-0.4, -0.2) is 17.2 Å². The molecule has 1 heterocycles. The Hall–Kier alpha value is -2.22. The molecule has 0 aliphatic carbocycles. The normalized spacial score (nSPS) is 11.0. The lowest BCUT2D eigenvalue weighted by atomic mass is 10.2. The second-order valence-electron chi connectivity index (χ2n) is 5.09. The summed E-state index contributed by atoms with van der Waals surface area (Å²) in [5, 5.41) is 14.4. The number of furan rings is 1. The number of phenols is 1. The van der Waals surface area contributed by atoms with Gasteiger partial charge in [0.05, 0.1) is 10.7 Å². The van der Waals surface area contributed by atoms with Crippen molar-refractivity contribution in [1.82, 2.24) is 5.43 Å². The number of nitrogens with one attached hydrogen (secondary N) is 1.